The molecule has 23 heavy (non-hydrogen) atoms. The van der Waals surface area contributed by atoms with E-state index >= 15 is 0 Å². The standard InChI is InChI=1S/C15H12Cl4O4/c16-8-2-4-10(20)12(18)14(8)22-6-1-7-23-15-9(17)3-5-11(21)13(15)19/h2-5,20-21H,1,6-7H2. The van der Waals surface area contributed by atoms with E-state index in [0.29, 0.717) is 16.5 Å². The van der Waals surface area contributed by atoms with Crippen LogP contribution in [0.5, 0.6) is 23.0 Å². The number of hydrogen-bond donors (Lipinski definition) is 2. The zero-order valence-electron chi connectivity index (χ0n) is 11.7. The van der Waals surface area contributed by atoms with E-state index in [9.17, 15) is 10.2 Å². The van der Waals surface area contributed by atoms with Crippen molar-refractivity contribution in [2.45, 2.75) is 6.42 Å². The highest BCUT2D eigenvalue weighted by atomic mass is 35.5. The fraction of sp³-hybridized carbons (Fsp3) is 0.200. The average Bonchev–Trinajstić information content (AvgIpc) is 2.53. The highest BCUT2D eigenvalue weighted by Gasteiger charge is 2.13. The van der Waals surface area contributed by atoms with Crippen molar-refractivity contribution in [3.8, 4) is 23.0 Å². The van der Waals surface area contributed by atoms with Gasteiger partial charge in [0.25, 0.3) is 0 Å². The summed E-state index contributed by atoms with van der Waals surface area (Å²) in [6, 6.07) is 5.74. The summed E-state index contributed by atoms with van der Waals surface area (Å²) in [6.45, 7) is 0.494. The lowest BCUT2D eigenvalue weighted by atomic mass is 10.3. The molecule has 0 radical (unpaired) electrons. The van der Waals surface area contributed by atoms with Crippen molar-refractivity contribution in [3.05, 3.63) is 44.4 Å². The predicted molar refractivity (Wildman–Crippen MR) is 91.9 cm³/mol. The molecule has 0 fully saturated rings. The van der Waals surface area contributed by atoms with Crippen LogP contribution in [0.3, 0.4) is 0 Å². The largest absolute Gasteiger partial charge is 0.506 e. The summed E-state index contributed by atoms with van der Waals surface area (Å²) < 4.78 is 10.9. The molecular weight excluding hydrogens is 386 g/mol. The molecule has 0 saturated heterocycles. The van der Waals surface area contributed by atoms with E-state index in [1.165, 1.54) is 24.3 Å². The third kappa shape index (κ3) is 4.42. The molecule has 2 aromatic carbocycles. The number of phenolic OH excluding ortho intramolecular Hbond substituents is 2. The van der Waals surface area contributed by atoms with Crippen molar-refractivity contribution in [3.63, 3.8) is 0 Å². The summed E-state index contributed by atoms with van der Waals surface area (Å²) in [6.07, 6.45) is 0.477. The van der Waals surface area contributed by atoms with Crippen LogP contribution in [-0.2, 0) is 0 Å². The van der Waals surface area contributed by atoms with Crippen molar-refractivity contribution in [1.82, 2.24) is 0 Å². The summed E-state index contributed by atoms with van der Waals surface area (Å²) in [4.78, 5) is 0. The topological polar surface area (TPSA) is 58.9 Å². The van der Waals surface area contributed by atoms with Crippen LogP contribution in [0.4, 0.5) is 0 Å². The third-order valence-electron chi connectivity index (χ3n) is 2.84. The molecule has 0 amide bonds. The molecule has 2 N–H and O–H groups in total. The number of aromatic hydroxyl groups is 2. The molecule has 0 unspecified atom stereocenters. The second kappa shape index (κ2) is 8.06. The van der Waals surface area contributed by atoms with Crippen molar-refractivity contribution < 1.29 is 19.7 Å². The van der Waals surface area contributed by atoms with Gasteiger partial charge in [-0.15, -0.1) is 0 Å². The minimum atomic E-state index is -0.111. The molecular formula is C15H12Cl4O4. The summed E-state index contributed by atoms with van der Waals surface area (Å²) in [7, 11) is 0. The van der Waals surface area contributed by atoms with Gasteiger partial charge in [-0.2, -0.15) is 0 Å². The van der Waals surface area contributed by atoms with Gasteiger partial charge >= 0.3 is 0 Å². The van der Waals surface area contributed by atoms with Gasteiger partial charge in [0.1, 0.15) is 21.5 Å². The number of hydrogen-bond acceptors (Lipinski definition) is 4. The first-order valence-corrected chi connectivity index (χ1v) is 8.02. The molecule has 0 saturated carbocycles. The molecule has 0 heterocycles. The van der Waals surface area contributed by atoms with Gasteiger partial charge in [-0.3, -0.25) is 0 Å². The van der Waals surface area contributed by atoms with Crippen molar-refractivity contribution >= 4 is 46.4 Å². The highest BCUT2D eigenvalue weighted by molar-refractivity contribution is 6.38. The second-order valence-corrected chi connectivity index (χ2v) is 6.04. The monoisotopic (exact) mass is 396 g/mol. The number of phenols is 2. The van der Waals surface area contributed by atoms with E-state index in [4.69, 9.17) is 55.9 Å². The molecule has 0 aliphatic rings. The van der Waals surface area contributed by atoms with Gasteiger partial charge in [-0.05, 0) is 24.3 Å². The maximum atomic E-state index is 9.51. The van der Waals surface area contributed by atoms with Crippen molar-refractivity contribution in [2.24, 2.45) is 0 Å². The minimum absolute atomic E-state index is 0.0532. The Morgan fingerprint density at radius 2 is 1.09 bits per heavy atom. The second-order valence-electron chi connectivity index (χ2n) is 4.47. The third-order valence-corrected chi connectivity index (χ3v) is 4.16. The zero-order chi connectivity index (χ0) is 17.0. The molecule has 124 valence electrons. The first-order valence-electron chi connectivity index (χ1n) is 6.51. The maximum absolute atomic E-state index is 9.51. The Labute approximate surface area is 153 Å². The Morgan fingerprint density at radius 1 is 0.696 bits per heavy atom. The Morgan fingerprint density at radius 3 is 1.48 bits per heavy atom. The van der Waals surface area contributed by atoms with Gasteiger partial charge in [0.2, 0.25) is 0 Å². The van der Waals surface area contributed by atoms with Gasteiger partial charge in [0.05, 0.1) is 23.3 Å². The Balaban J connectivity index is 1.88. The van der Waals surface area contributed by atoms with Crippen LogP contribution in [0.25, 0.3) is 0 Å². The van der Waals surface area contributed by atoms with Crippen molar-refractivity contribution in [2.75, 3.05) is 13.2 Å². The van der Waals surface area contributed by atoms with Gasteiger partial charge in [0, 0.05) is 6.42 Å². The normalized spacial score (nSPS) is 10.6. The fourth-order valence-electron chi connectivity index (χ4n) is 1.72. The Hall–Kier alpha value is -1.20. The summed E-state index contributed by atoms with van der Waals surface area (Å²) in [5, 5.41) is 19.7. The lowest BCUT2D eigenvalue weighted by Crippen LogP contribution is -2.06. The van der Waals surface area contributed by atoms with E-state index in [-0.39, 0.29) is 46.3 Å². The minimum Gasteiger partial charge on any atom is -0.506 e. The fourth-order valence-corrected chi connectivity index (χ4v) is 2.68. The number of rotatable bonds is 6. The van der Waals surface area contributed by atoms with Crippen LogP contribution in [0.15, 0.2) is 24.3 Å². The highest BCUT2D eigenvalue weighted by Crippen LogP contribution is 2.40. The Bertz CT molecular complexity index is 647. The molecule has 8 heteroatoms. The molecule has 4 nitrogen and oxygen atoms in total. The molecule has 2 aromatic rings. The van der Waals surface area contributed by atoms with Gasteiger partial charge in [-0.25, -0.2) is 0 Å². The van der Waals surface area contributed by atoms with Crippen LogP contribution in [-0.4, -0.2) is 23.4 Å². The van der Waals surface area contributed by atoms with Crippen LogP contribution in [0.1, 0.15) is 6.42 Å². The first kappa shape index (κ1) is 18.1. The summed E-state index contributed by atoms with van der Waals surface area (Å²) >= 11 is 23.7. The molecule has 0 atom stereocenters. The number of ether oxygens (including phenoxy) is 2. The Kier molecular flexibility index (Phi) is 6.36. The number of benzene rings is 2. The average molecular weight is 398 g/mol. The molecule has 0 aliphatic carbocycles. The summed E-state index contributed by atoms with van der Waals surface area (Å²) in [5.74, 6) is 0.199. The van der Waals surface area contributed by atoms with Gasteiger partial charge in [-0.1, -0.05) is 46.4 Å². The quantitative estimate of drug-likeness (QED) is 0.626. The molecule has 2 rings (SSSR count). The SMILES string of the molecule is Oc1ccc(Cl)c(OCCCOc2c(Cl)ccc(O)c2Cl)c1Cl. The predicted octanol–water partition coefficient (Wildman–Crippen LogP) is 5.56. The molecule has 0 aliphatic heterocycles. The molecule has 0 bridgehead atoms. The van der Waals surface area contributed by atoms with Crippen LogP contribution >= 0.6 is 46.4 Å². The summed E-state index contributed by atoms with van der Waals surface area (Å²) in [5.41, 5.74) is 0. The van der Waals surface area contributed by atoms with E-state index in [2.05, 4.69) is 0 Å². The van der Waals surface area contributed by atoms with Crippen LogP contribution < -0.4 is 9.47 Å². The first-order chi connectivity index (χ1) is 10.9. The van der Waals surface area contributed by atoms with Crippen molar-refractivity contribution in [1.29, 1.82) is 0 Å². The van der Waals surface area contributed by atoms with Crippen LogP contribution in [0, 0.1) is 0 Å². The van der Waals surface area contributed by atoms with Gasteiger partial charge < -0.3 is 19.7 Å². The smallest absolute Gasteiger partial charge is 0.160 e. The zero-order valence-corrected chi connectivity index (χ0v) is 14.7. The van der Waals surface area contributed by atoms with E-state index in [1.54, 1.807) is 0 Å². The molecule has 0 spiro atoms. The maximum Gasteiger partial charge on any atom is 0.160 e. The lowest BCUT2D eigenvalue weighted by Gasteiger charge is -2.13. The number of halogens is 4. The molecule has 0 aromatic heterocycles. The van der Waals surface area contributed by atoms with E-state index in [1.807, 2.05) is 0 Å². The van der Waals surface area contributed by atoms with E-state index < -0.39 is 0 Å². The lowest BCUT2D eigenvalue weighted by molar-refractivity contribution is 0.247. The van der Waals surface area contributed by atoms with E-state index in [0.717, 1.165) is 0 Å². The van der Waals surface area contributed by atoms with Gasteiger partial charge in [0.15, 0.2) is 11.5 Å². The van der Waals surface area contributed by atoms with Crippen LogP contribution in [0.2, 0.25) is 20.1 Å².